The summed E-state index contributed by atoms with van der Waals surface area (Å²) in [6.07, 6.45) is 1.93. The van der Waals surface area contributed by atoms with Gasteiger partial charge in [-0.15, -0.1) is 4.99 Å². The normalized spacial score (nSPS) is 22.3. The summed E-state index contributed by atoms with van der Waals surface area (Å²) in [4.78, 5) is 33.7. The van der Waals surface area contributed by atoms with Gasteiger partial charge in [-0.05, 0) is 19.8 Å². The van der Waals surface area contributed by atoms with Crippen molar-refractivity contribution in [1.29, 1.82) is 0 Å². The zero-order valence-corrected chi connectivity index (χ0v) is 19.5. The molecule has 0 N–H and O–H groups in total. The average Bonchev–Trinajstić information content (AvgIpc) is 3.31. The highest BCUT2D eigenvalue weighted by Crippen LogP contribution is 2.26. The molecule has 0 aromatic heterocycles. The SMILES string of the molecule is C=CCOC(=O)N=C1N(C)CCN1CC[C@@H]1C[C@@H](OS(=O)(=O)CC)CN1C(=O)OCC=C. The first-order chi connectivity index (χ1) is 15.2. The first-order valence-electron chi connectivity index (χ1n) is 10.5. The van der Waals surface area contributed by atoms with Crippen molar-refractivity contribution in [3.8, 4) is 0 Å². The van der Waals surface area contributed by atoms with E-state index in [2.05, 4.69) is 18.2 Å². The lowest BCUT2D eigenvalue weighted by Gasteiger charge is -2.26. The molecule has 2 fully saturated rings. The van der Waals surface area contributed by atoms with E-state index in [0.717, 1.165) is 0 Å². The van der Waals surface area contributed by atoms with Gasteiger partial charge in [-0.3, -0.25) is 4.18 Å². The fourth-order valence-corrected chi connectivity index (χ4v) is 4.25. The second-order valence-corrected chi connectivity index (χ2v) is 9.33. The van der Waals surface area contributed by atoms with E-state index in [1.807, 2.05) is 16.8 Å². The van der Waals surface area contributed by atoms with Crippen molar-refractivity contribution in [2.75, 3.05) is 52.2 Å². The van der Waals surface area contributed by atoms with Crippen LogP contribution in [0.1, 0.15) is 19.8 Å². The zero-order valence-electron chi connectivity index (χ0n) is 18.6. The molecule has 180 valence electrons. The van der Waals surface area contributed by atoms with Gasteiger partial charge in [0.1, 0.15) is 13.2 Å². The number of ether oxygens (including phenoxy) is 2. The zero-order chi connectivity index (χ0) is 23.7. The Labute approximate surface area is 189 Å². The quantitative estimate of drug-likeness (QED) is 0.344. The van der Waals surface area contributed by atoms with Crippen LogP contribution >= 0.6 is 0 Å². The molecule has 0 aromatic rings. The number of carbonyl (C=O) groups is 2. The number of likely N-dealkylation sites (N-methyl/N-ethyl adjacent to an activating group) is 1. The van der Waals surface area contributed by atoms with Gasteiger partial charge in [-0.1, -0.05) is 25.3 Å². The summed E-state index contributed by atoms with van der Waals surface area (Å²) < 4.78 is 39.1. The van der Waals surface area contributed by atoms with Gasteiger partial charge in [-0.2, -0.15) is 8.42 Å². The van der Waals surface area contributed by atoms with Crippen molar-refractivity contribution in [2.24, 2.45) is 4.99 Å². The molecular weight excluding hydrogens is 440 g/mol. The molecule has 0 unspecified atom stereocenters. The fourth-order valence-electron chi connectivity index (χ4n) is 3.56. The van der Waals surface area contributed by atoms with E-state index in [0.29, 0.717) is 38.4 Å². The van der Waals surface area contributed by atoms with Gasteiger partial charge in [0.25, 0.3) is 10.1 Å². The Kier molecular flexibility index (Phi) is 9.51. The highest BCUT2D eigenvalue weighted by atomic mass is 32.2. The third-order valence-electron chi connectivity index (χ3n) is 5.15. The molecule has 2 rings (SSSR count). The van der Waals surface area contributed by atoms with E-state index in [4.69, 9.17) is 13.7 Å². The van der Waals surface area contributed by atoms with E-state index >= 15 is 0 Å². The molecule has 0 aliphatic carbocycles. The molecule has 0 radical (unpaired) electrons. The maximum absolute atomic E-state index is 12.5. The molecule has 2 amide bonds. The van der Waals surface area contributed by atoms with Crippen LogP contribution in [0.25, 0.3) is 0 Å². The van der Waals surface area contributed by atoms with Gasteiger partial charge in [0.2, 0.25) is 5.96 Å². The maximum atomic E-state index is 12.5. The van der Waals surface area contributed by atoms with Gasteiger partial charge in [-0.25, -0.2) is 9.59 Å². The smallest absolute Gasteiger partial charge is 0.437 e. The molecule has 0 spiro atoms. The summed E-state index contributed by atoms with van der Waals surface area (Å²) in [5.74, 6) is 0.343. The van der Waals surface area contributed by atoms with Gasteiger partial charge in [0, 0.05) is 32.7 Å². The fraction of sp³-hybridized carbons (Fsp3) is 0.650. The second-order valence-electron chi connectivity index (χ2n) is 7.45. The molecule has 12 heteroatoms. The predicted molar refractivity (Wildman–Crippen MR) is 119 cm³/mol. The maximum Gasteiger partial charge on any atom is 0.437 e. The van der Waals surface area contributed by atoms with Crippen molar-refractivity contribution in [2.45, 2.75) is 31.9 Å². The van der Waals surface area contributed by atoms with Crippen LogP contribution in [-0.4, -0.2) is 106 Å². The molecule has 2 aliphatic rings. The van der Waals surface area contributed by atoms with Gasteiger partial charge in [0.15, 0.2) is 0 Å². The minimum Gasteiger partial charge on any atom is -0.445 e. The Balaban J connectivity index is 2.06. The lowest BCUT2D eigenvalue weighted by molar-refractivity contribution is 0.102. The van der Waals surface area contributed by atoms with E-state index in [1.54, 1.807) is 0 Å². The Morgan fingerprint density at radius 2 is 1.88 bits per heavy atom. The van der Waals surface area contributed by atoms with Crippen molar-refractivity contribution >= 4 is 28.3 Å². The van der Waals surface area contributed by atoms with Crippen LogP contribution in [0.5, 0.6) is 0 Å². The molecular formula is C20H32N4O7S. The topological polar surface area (TPSA) is 118 Å². The number of amides is 2. The molecule has 2 atom stereocenters. The summed E-state index contributed by atoms with van der Waals surface area (Å²) in [6.45, 7) is 10.6. The van der Waals surface area contributed by atoms with Gasteiger partial charge < -0.3 is 24.2 Å². The first kappa shape index (κ1) is 25.7. The molecule has 32 heavy (non-hydrogen) atoms. The molecule has 0 saturated carbocycles. The van der Waals surface area contributed by atoms with Crippen LogP contribution in [0, 0.1) is 0 Å². The lowest BCUT2D eigenvalue weighted by atomic mass is 10.1. The van der Waals surface area contributed by atoms with Crippen LogP contribution in [0.2, 0.25) is 0 Å². The van der Waals surface area contributed by atoms with Crippen LogP contribution in [0.15, 0.2) is 30.3 Å². The second kappa shape index (κ2) is 11.9. The number of rotatable bonds is 10. The summed E-state index contributed by atoms with van der Waals surface area (Å²) in [5, 5.41) is 0. The number of hydrogen-bond acceptors (Lipinski definition) is 7. The predicted octanol–water partition coefficient (Wildman–Crippen LogP) is 1.43. The third kappa shape index (κ3) is 7.23. The number of likely N-dealkylation sites (tertiary alicyclic amines) is 1. The van der Waals surface area contributed by atoms with Crippen LogP contribution in [0.4, 0.5) is 9.59 Å². The number of hydrogen-bond donors (Lipinski definition) is 0. The van der Waals surface area contributed by atoms with Crippen molar-refractivity contribution in [3.05, 3.63) is 25.3 Å². The summed E-state index contributed by atoms with van der Waals surface area (Å²) >= 11 is 0. The summed E-state index contributed by atoms with van der Waals surface area (Å²) in [6, 6.07) is -0.288. The summed E-state index contributed by atoms with van der Waals surface area (Å²) in [7, 11) is -1.82. The van der Waals surface area contributed by atoms with Crippen LogP contribution in [0.3, 0.4) is 0 Å². The molecule has 0 bridgehead atoms. The van der Waals surface area contributed by atoms with Gasteiger partial charge in [0.05, 0.1) is 18.4 Å². The van der Waals surface area contributed by atoms with Crippen molar-refractivity contribution < 1.29 is 31.7 Å². The van der Waals surface area contributed by atoms with E-state index in [-0.39, 0.29) is 31.6 Å². The molecule has 11 nitrogen and oxygen atoms in total. The standard InChI is InChI=1S/C20H32N4O7S/c1-5-12-29-19(25)21-18-22(4)10-11-23(18)9-8-16-14-17(31-32(27,28)7-3)15-24(16)20(26)30-13-6-2/h5-6,16-17H,1-2,7-15H2,3-4H3/t16-,17-/m1/s1. The molecule has 2 heterocycles. The van der Waals surface area contributed by atoms with Crippen molar-refractivity contribution in [1.82, 2.24) is 14.7 Å². The molecule has 2 aliphatic heterocycles. The largest absolute Gasteiger partial charge is 0.445 e. The number of carbonyl (C=O) groups excluding carboxylic acids is 2. The Hall–Kier alpha value is -2.60. The molecule has 2 saturated heterocycles. The van der Waals surface area contributed by atoms with Crippen molar-refractivity contribution in [3.63, 3.8) is 0 Å². The van der Waals surface area contributed by atoms with E-state index < -0.39 is 28.4 Å². The minimum absolute atomic E-state index is 0.0569. The first-order valence-corrected chi connectivity index (χ1v) is 12.1. The lowest BCUT2D eigenvalue weighted by Crippen LogP contribution is -2.40. The summed E-state index contributed by atoms with van der Waals surface area (Å²) in [5.41, 5.74) is 0. The highest BCUT2D eigenvalue weighted by Gasteiger charge is 2.39. The molecule has 0 aromatic carbocycles. The van der Waals surface area contributed by atoms with Crippen LogP contribution < -0.4 is 0 Å². The Bertz CT molecular complexity index is 830. The van der Waals surface area contributed by atoms with E-state index in [9.17, 15) is 18.0 Å². The van der Waals surface area contributed by atoms with E-state index in [1.165, 1.54) is 24.0 Å². The van der Waals surface area contributed by atoms with Gasteiger partial charge >= 0.3 is 12.2 Å². The number of aliphatic imine (C=N–C) groups is 1. The number of guanidine groups is 1. The Morgan fingerprint density at radius 1 is 1.19 bits per heavy atom. The highest BCUT2D eigenvalue weighted by molar-refractivity contribution is 7.86. The monoisotopic (exact) mass is 472 g/mol. The average molecular weight is 473 g/mol. The van der Waals surface area contributed by atoms with Crippen LogP contribution in [-0.2, 0) is 23.8 Å². The Morgan fingerprint density at radius 3 is 2.53 bits per heavy atom. The number of nitrogens with zero attached hydrogens (tertiary/aromatic N) is 4. The minimum atomic E-state index is -3.65. The third-order valence-corrected chi connectivity index (χ3v) is 6.42.